The lowest BCUT2D eigenvalue weighted by atomic mass is 10.0. The number of aliphatic hydroxyl groups excluding tert-OH is 1. The van der Waals surface area contributed by atoms with Crippen molar-refractivity contribution in [3.8, 4) is 0 Å². The van der Waals surface area contributed by atoms with Crippen molar-refractivity contribution in [1.82, 2.24) is 0 Å². The van der Waals surface area contributed by atoms with Gasteiger partial charge in [-0.25, -0.2) is 0 Å². The van der Waals surface area contributed by atoms with Gasteiger partial charge in [0.1, 0.15) is 6.61 Å². The molecule has 0 aromatic carbocycles. The number of ether oxygens (including phenoxy) is 2. The molecule has 0 fully saturated rings. The predicted octanol–water partition coefficient (Wildman–Crippen LogP) is 17.2. The quantitative estimate of drug-likeness (QED) is 0.0375. The highest BCUT2D eigenvalue weighted by Crippen LogP contribution is 2.16. The van der Waals surface area contributed by atoms with E-state index in [2.05, 4.69) is 86.8 Å². The van der Waals surface area contributed by atoms with Crippen molar-refractivity contribution in [2.24, 2.45) is 0 Å². The largest absolute Gasteiger partial charge is 0.462 e. The summed E-state index contributed by atoms with van der Waals surface area (Å²) in [4.78, 5) is 24.4. The van der Waals surface area contributed by atoms with Gasteiger partial charge >= 0.3 is 11.9 Å². The Hall–Kier alpha value is -2.66. The average Bonchev–Trinajstić information content (AvgIpc) is 3.26. The fourth-order valence-corrected chi connectivity index (χ4v) is 7.38. The van der Waals surface area contributed by atoms with Gasteiger partial charge in [-0.3, -0.25) is 9.59 Å². The molecular formula is C56H98O5. The Bertz CT molecular complexity index is 1100. The molecule has 352 valence electrons. The SMILES string of the molecule is CC/C=C\C/C=C\C/C=C\C/C=C\C/C=C\C/C=C\CCCCCCCCCCCCCCCCCCC(=O)OC(CO)COC(=O)CCCCCCCCCCCCCC. The van der Waals surface area contributed by atoms with E-state index in [-0.39, 0.29) is 25.2 Å². The molecule has 0 saturated heterocycles. The number of carbonyl (C=O) groups is 2. The minimum absolute atomic E-state index is 0.0633. The molecule has 0 spiro atoms. The molecule has 0 aliphatic heterocycles. The third kappa shape index (κ3) is 49.9. The molecule has 5 heteroatoms. The molecule has 1 atom stereocenters. The summed E-state index contributed by atoms with van der Waals surface area (Å²) in [5.74, 6) is -0.584. The first-order valence-corrected chi connectivity index (χ1v) is 26.0. The molecule has 0 aliphatic carbocycles. The fraction of sp³-hybridized carbons (Fsp3) is 0.750. The smallest absolute Gasteiger partial charge is 0.306 e. The van der Waals surface area contributed by atoms with Crippen LogP contribution in [-0.4, -0.2) is 36.4 Å². The highest BCUT2D eigenvalue weighted by atomic mass is 16.6. The molecule has 0 saturated carbocycles. The van der Waals surface area contributed by atoms with Crippen LogP contribution in [-0.2, 0) is 19.1 Å². The molecule has 0 amide bonds. The molecule has 0 aliphatic rings. The van der Waals surface area contributed by atoms with E-state index in [1.54, 1.807) is 0 Å². The number of hydrogen-bond acceptors (Lipinski definition) is 5. The second-order valence-corrected chi connectivity index (χ2v) is 17.2. The van der Waals surface area contributed by atoms with Crippen molar-refractivity contribution >= 4 is 11.9 Å². The van der Waals surface area contributed by atoms with E-state index >= 15 is 0 Å². The molecule has 5 nitrogen and oxygen atoms in total. The molecular weight excluding hydrogens is 753 g/mol. The summed E-state index contributed by atoms with van der Waals surface area (Å²) in [5, 5.41) is 9.60. The lowest BCUT2D eigenvalue weighted by molar-refractivity contribution is -0.161. The van der Waals surface area contributed by atoms with Gasteiger partial charge in [0.25, 0.3) is 0 Å². The zero-order chi connectivity index (χ0) is 44.2. The highest BCUT2D eigenvalue weighted by molar-refractivity contribution is 5.70. The van der Waals surface area contributed by atoms with Gasteiger partial charge in [0.15, 0.2) is 6.10 Å². The summed E-state index contributed by atoms with van der Waals surface area (Å²) in [6.45, 7) is 4.03. The highest BCUT2D eigenvalue weighted by Gasteiger charge is 2.16. The molecule has 0 radical (unpaired) electrons. The van der Waals surface area contributed by atoms with Crippen molar-refractivity contribution in [2.45, 2.75) is 258 Å². The standard InChI is InChI=1S/C56H98O5/c1-3-5-7-9-11-13-15-17-18-19-20-21-22-23-24-25-26-27-28-29-30-31-32-33-34-35-36-37-38-39-41-43-45-47-49-51-56(59)61-54(52-57)53-60-55(58)50-48-46-44-42-40-16-14-12-10-8-6-4-2/h5,7,11,13,17-18,20-21,23-24,26-27,54,57H,3-4,6,8-10,12,14-16,19,22,25,28-53H2,1-2H3/b7-5-,13-11-,18-17-,21-20-,24-23-,27-26-. The summed E-state index contributed by atoms with van der Waals surface area (Å²) in [6.07, 6.45) is 70.1. The number of aliphatic hydroxyl groups is 1. The number of allylic oxidation sites excluding steroid dienone is 12. The first kappa shape index (κ1) is 58.3. The van der Waals surface area contributed by atoms with Crippen molar-refractivity contribution in [1.29, 1.82) is 0 Å². The van der Waals surface area contributed by atoms with E-state index in [0.29, 0.717) is 12.8 Å². The van der Waals surface area contributed by atoms with Crippen molar-refractivity contribution in [3.63, 3.8) is 0 Å². The van der Waals surface area contributed by atoms with E-state index in [1.165, 1.54) is 148 Å². The lowest BCUT2D eigenvalue weighted by Gasteiger charge is -2.15. The number of carbonyl (C=O) groups excluding carboxylic acids is 2. The third-order valence-corrected chi connectivity index (χ3v) is 11.3. The summed E-state index contributed by atoms with van der Waals surface area (Å²) in [7, 11) is 0. The van der Waals surface area contributed by atoms with Gasteiger partial charge in [-0.1, -0.05) is 247 Å². The van der Waals surface area contributed by atoms with Gasteiger partial charge in [0.2, 0.25) is 0 Å². The first-order valence-electron chi connectivity index (χ1n) is 26.0. The maximum atomic E-state index is 12.3. The minimum atomic E-state index is -0.770. The van der Waals surface area contributed by atoms with Crippen LogP contribution in [0.3, 0.4) is 0 Å². The third-order valence-electron chi connectivity index (χ3n) is 11.3. The summed E-state index contributed by atoms with van der Waals surface area (Å²) in [5.41, 5.74) is 0. The summed E-state index contributed by atoms with van der Waals surface area (Å²) < 4.78 is 10.7. The molecule has 0 aromatic heterocycles. The van der Waals surface area contributed by atoms with Crippen LogP contribution in [0.4, 0.5) is 0 Å². The van der Waals surface area contributed by atoms with Crippen molar-refractivity contribution in [3.05, 3.63) is 72.9 Å². The minimum Gasteiger partial charge on any atom is -0.462 e. The molecule has 0 heterocycles. The second-order valence-electron chi connectivity index (χ2n) is 17.2. The summed E-state index contributed by atoms with van der Waals surface area (Å²) >= 11 is 0. The monoisotopic (exact) mass is 851 g/mol. The molecule has 0 bridgehead atoms. The number of unbranched alkanes of at least 4 members (excludes halogenated alkanes) is 27. The Labute approximate surface area is 378 Å². The zero-order valence-corrected chi connectivity index (χ0v) is 40.2. The van der Waals surface area contributed by atoms with Gasteiger partial charge < -0.3 is 14.6 Å². The van der Waals surface area contributed by atoms with Crippen LogP contribution in [0, 0.1) is 0 Å². The molecule has 1 unspecified atom stereocenters. The van der Waals surface area contributed by atoms with E-state index in [0.717, 1.165) is 77.0 Å². The van der Waals surface area contributed by atoms with Crippen LogP contribution >= 0.6 is 0 Å². The number of hydrogen-bond donors (Lipinski definition) is 1. The van der Waals surface area contributed by atoms with Crippen LogP contribution in [0.2, 0.25) is 0 Å². The fourth-order valence-electron chi connectivity index (χ4n) is 7.38. The van der Waals surface area contributed by atoms with Gasteiger partial charge in [0.05, 0.1) is 6.61 Å². The topological polar surface area (TPSA) is 72.8 Å². The van der Waals surface area contributed by atoms with Crippen LogP contribution in [0.25, 0.3) is 0 Å². The molecule has 1 N–H and O–H groups in total. The Morgan fingerprint density at radius 1 is 0.393 bits per heavy atom. The maximum Gasteiger partial charge on any atom is 0.306 e. The Balaban J connectivity index is 3.46. The van der Waals surface area contributed by atoms with Crippen LogP contribution < -0.4 is 0 Å². The Morgan fingerprint density at radius 3 is 1.07 bits per heavy atom. The van der Waals surface area contributed by atoms with E-state index in [9.17, 15) is 14.7 Å². The molecule has 0 rings (SSSR count). The van der Waals surface area contributed by atoms with Crippen molar-refractivity contribution in [2.75, 3.05) is 13.2 Å². The number of esters is 2. The first-order chi connectivity index (χ1) is 30.1. The van der Waals surface area contributed by atoms with Gasteiger partial charge in [-0.2, -0.15) is 0 Å². The van der Waals surface area contributed by atoms with Crippen LogP contribution in [0.5, 0.6) is 0 Å². The second kappa shape index (κ2) is 51.7. The van der Waals surface area contributed by atoms with Crippen molar-refractivity contribution < 1.29 is 24.2 Å². The molecule has 0 aromatic rings. The Kier molecular flexibility index (Phi) is 49.4. The van der Waals surface area contributed by atoms with Crippen LogP contribution in [0.15, 0.2) is 72.9 Å². The van der Waals surface area contributed by atoms with E-state index in [1.807, 2.05) is 0 Å². The molecule has 61 heavy (non-hydrogen) atoms. The maximum absolute atomic E-state index is 12.3. The van der Waals surface area contributed by atoms with E-state index in [4.69, 9.17) is 9.47 Å². The normalized spacial score (nSPS) is 12.8. The van der Waals surface area contributed by atoms with E-state index < -0.39 is 6.10 Å². The average molecular weight is 851 g/mol. The van der Waals surface area contributed by atoms with Gasteiger partial charge in [-0.15, -0.1) is 0 Å². The number of rotatable bonds is 47. The van der Waals surface area contributed by atoms with Crippen LogP contribution in [0.1, 0.15) is 251 Å². The Morgan fingerprint density at radius 2 is 0.705 bits per heavy atom. The van der Waals surface area contributed by atoms with Gasteiger partial charge in [0, 0.05) is 12.8 Å². The van der Waals surface area contributed by atoms with Gasteiger partial charge in [-0.05, 0) is 64.2 Å². The lowest BCUT2D eigenvalue weighted by Crippen LogP contribution is -2.28. The summed E-state index contributed by atoms with van der Waals surface area (Å²) in [6, 6.07) is 0. The predicted molar refractivity (Wildman–Crippen MR) is 265 cm³/mol. The zero-order valence-electron chi connectivity index (χ0n) is 40.2.